The highest BCUT2D eigenvalue weighted by Crippen LogP contribution is 2.19. The van der Waals surface area contributed by atoms with Crippen molar-refractivity contribution in [2.24, 2.45) is 0 Å². The molecule has 0 aromatic rings. The maximum absolute atomic E-state index is 10.3. The van der Waals surface area contributed by atoms with Crippen molar-refractivity contribution in [1.82, 2.24) is 0 Å². The van der Waals surface area contributed by atoms with Crippen LogP contribution in [0.4, 0.5) is 0 Å². The Morgan fingerprint density at radius 3 is 1.50 bits per heavy atom. The number of carboxylic acid groups (broad SMARTS) is 1. The summed E-state index contributed by atoms with van der Waals surface area (Å²) in [5, 5.41) is 8.51. The molecule has 20 heavy (non-hydrogen) atoms. The van der Waals surface area contributed by atoms with Gasteiger partial charge in [-0.2, -0.15) is 11.1 Å². The maximum atomic E-state index is 10.3. The molecule has 0 heterocycles. The van der Waals surface area contributed by atoms with Crippen LogP contribution in [0.3, 0.4) is 0 Å². The fourth-order valence-corrected chi connectivity index (χ4v) is 3.90. The molecule has 0 rings (SSSR count). The van der Waals surface area contributed by atoms with E-state index in [0.29, 0.717) is 6.42 Å². The quantitative estimate of drug-likeness (QED) is 0.235. The Kier molecular flexibility index (Phi) is 12.7. The second kappa shape index (κ2) is 12.7. The van der Waals surface area contributed by atoms with E-state index in [0.717, 1.165) is 12.8 Å². The van der Waals surface area contributed by atoms with E-state index in [1.54, 1.807) is 0 Å². The molecule has 0 fully saturated rings. The molecule has 0 atom stereocenters. The third kappa shape index (κ3) is 18.0. The predicted octanol–water partition coefficient (Wildman–Crippen LogP) is 6.20. The first-order valence-electron chi connectivity index (χ1n) is 8.32. The minimum atomic E-state index is -1.33. The number of unbranched alkanes of at least 4 members (excludes halogenated alkanes) is 10. The van der Waals surface area contributed by atoms with Crippen molar-refractivity contribution >= 4 is 24.4 Å². The van der Waals surface area contributed by atoms with Crippen molar-refractivity contribution in [3.63, 3.8) is 0 Å². The zero-order valence-corrected chi connectivity index (χ0v) is 15.2. The molecule has 4 heteroatoms. The van der Waals surface area contributed by atoms with Crippen molar-refractivity contribution in [1.29, 1.82) is 0 Å². The van der Waals surface area contributed by atoms with Crippen LogP contribution in [-0.4, -0.2) is 18.5 Å². The summed E-state index contributed by atoms with van der Waals surface area (Å²) < 4.78 is 0. The zero-order valence-electron chi connectivity index (χ0n) is 13.4. The molecule has 0 amide bonds. The number of hydrogen-bond acceptors (Lipinski definition) is 1. The van der Waals surface area contributed by atoms with E-state index in [-0.39, 0.29) is 0 Å². The molecule has 0 aliphatic carbocycles. The lowest BCUT2D eigenvalue weighted by molar-refractivity contribution is -0.137. The Hall–Kier alpha value is -0.0231. The van der Waals surface area contributed by atoms with Crippen LogP contribution in [0.5, 0.6) is 0 Å². The summed E-state index contributed by atoms with van der Waals surface area (Å²) in [6.45, 7) is 4.45. The van der Waals surface area contributed by atoms with Crippen molar-refractivity contribution in [2.75, 3.05) is 0 Å². The Morgan fingerprint density at radius 1 is 0.800 bits per heavy atom. The Balaban J connectivity index is 3.05. The summed E-state index contributed by atoms with van der Waals surface area (Å²) in [6.07, 6.45) is 14.1. The van der Waals surface area contributed by atoms with Gasteiger partial charge in [0, 0.05) is 6.42 Å². The van der Waals surface area contributed by atoms with Gasteiger partial charge in [-0.15, -0.1) is 0 Å². The molecular formula is C16H33ClO2Si. The van der Waals surface area contributed by atoms with Crippen LogP contribution in [0.1, 0.15) is 77.0 Å². The van der Waals surface area contributed by atoms with E-state index in [9.17, 15) is 4.79 Å². The smallest absolute Gasteiger partial charge is 0.303 e. The Morgan fingerprint density at radius 2 is 1.15 bits per heavy atom. The van der Waals surface area contributed by atoms with Crippen LogP contribution in [0, 0.1) is 0 Å². The average Bonchev–Trinajstić information content (AvgIpc) is 2.33. The first-order valence-corrected chi connectivity index (χ1v) is 12.5. The van der Waals surface area contributed by atoms with Crippen LogP contribution in [0.15, 0.2) is 0 Å². The van der Waals surface area contributed by atoms with Gasteiger partial charge >= 0.3 is 5.97 Å². The summed E-state index contributed by atoms with van der Waals surface area (Å²) in [5.41, 5.74) is 0. The summed E-state index contributed by atoms with van der Waals surface area (Å²) in [6, 6.07) is 1.25. The molecule has 0 aromatic carbocycles. The van der Waals surface area contributed by atoms with Gasteiger partial charge in [0.15, 0.2) is 0 Å². The van der Waals surface area contributed by atoms with E-state index in [2.05, 4.69) is 13.1 Å². The third-order valence-electron chi connectivity index (χ3n) is 3.66. The van der Waals surface area contributed by atoms with Crippen molar-refractivity contribution in [2.45, 2.75) is 96.2 Å². The SMILES string of the molecule is C[Si](C)(Cl)CCCCCCCCCCCCCC(=O)O. The molecule has 0 radical (unpaired) electrons. The van der Waals surface area contributed by atoms with E-state index < -0.39 is 13.4 Å². The molecule has 0 saturated heterocycles. The number of rotatable bonds is 14. The molecule has 0 saturated carbocycles. The monoisotopic (exact) mass is 320 g/mol. The Labute approximate surface area is 131 Å². The van der Waals surface area contributed by atoms with Crippen LogP contribution in [0.2, 0.25) is 19.1 Å². The highest BCUT2D eigenvalue weighted by molar-refractivity contribution is 7.19. The Bertz CT molecular complexity index is 239. The summed E-state index contributed by atoms with van der Waals surface area (Å²) >= 11 is 6.29. The predicted molar refractivity (Wildman–Crippen MR) is 91.2 cm³/mol. The average molecular weight is 321 g/mol. The van der Waals surface area contributed by atoms with Gasteiger partial charge in [0.2, 0.25) is 0 Å². The zero-order chi connectivity index (χ0) is 15.3. The summed E-state index contributed by atoms with van der Waals surface area (Å²) in [5.74, 6) is -0.662. The van der Waals surface area contributed by atoms with Crippen molar-refractivity contribution in [3.05, 3.63) is 0 Å². The van der Waals surface area contributed by atoms with Gasteiger partial charge in [0.05, 0.1) is 0 Å². The highest BCUT2D eigenvalue weighted by atomic mass is 35.6. The van der Waals surface area contributed by atoms with Gasteiger partial charge in [0.1, 0.15) is 7.38 Å². The molecule has 0 aliphatic heterocycles. The van der Waals surface area contributed by atoms with E-state index in [1.165, 1.54) is 63.8 Å². The second-order valence-corrected chi connectivity index (χ2v) is 13.5. The van der Waals surface area contributed by atoms with Crippen molar-refractivity contribution in [3.8, 4) is 0 Å². The molecule has 0 spiro atoms. The number of hydrogen-bond donors (Lipinski definition) is 1. The lowest BCUT2D eigenvalue weighted by Crippen LogP contribution is -2.14. The normalized spacial score (nSPS) is 11.8. The lowest BCUT2D eigenvalue weighted by atomic mass is 10.1. The van der Waals surface area contributed by atoms with Gasteiger partial charge in [-0.25, -0.2) is 0 Å². The van der Waals surface area contributed by atoms with Gasteiger partial charge in [-0.05, 0) is 12.5 Å². The molecule has 120 valence electrons. The number of halogens is 1. The first-order chi connectivity index (χ1) is 9.42. The largest absolute Gasteiger partial charge is 0.481 e. The number of carboxylic acids is 1. The first kappa shape index (κ1) is 20.0. The van der Waals surface area contributed by atoms with Crippen LogP contribution < -0.4 is 0 Å². The van der Waals surface area contributed by atoms with Crippen LogP contribution in [0.25, 0.3) is 0 Å². The standard InChI is InChI=1S/C16H33ClO2Si/c1-20(2,17)15-13-11-9-7-5-3-4-6-8-10-12-14-16(18)19/h3-15H2,1-2H3,(H,18,19). The molecule has 0 aliphatic rings. The minimum absolute atomic E-state index is 0.335. The van der Waals surface area contributed by atoms with Gasteiger partial charge in [0.25, 0.3) is 0 Å². The van der Waals surface area contributed by atoms with E-state index in [1.807, 2.05) is 0 Å². The fourth-order valence-electron chi connectivity index (χ4n) is 2.41. The molecule has 0 unspecified atom stereocenters. The van der Waals surface area contributed by atoms with Gasteiger partial charge in [-0.1, -0.05) is 77.3 Å². The van der Waals surface area contributed by atoms with E-state index in [4.69, 9.17) is 16.2 Å². The molecule has 0 aromatic heterocycles. The summed E-state index contributed by atoms with van der Waals surface area (Å²) in [4.78, 5) is 10.3. The molecule has 1 N–H and O–H groups in total. The number of carbonyl (C=O) groups is 1. The molecular weight excluding hydrogens is 288 g/mol. The molecule has 2 nitrogen and oxygen atoms in total. The van der Waals surface area contributed by atoms with Crippen LogP contribution in [-0.2, 0) is 4.79 Å². The maximum Gasteiger partial charge on any atom is 0.303 e. The lowest BCUT2D eigenvalue weighted by Gasteiger charge is -2.11. The second-order valence-electron chi connectivity index (χ2n) is 6.50. The third-order valence-corrected chi connectivity index (χ3v) is 5.77. The van der Waals surface area contributed by atoms with Crippen molar-refractivity contribution < 1.29 is 9.90 Å². The fraction of sp³-hybridized carbons (Fsp3) is 0.938. The van der Waals surface area contributed by atoms with E-state index >= 15 is 0 Å². The topological polar surface area (TPSA) is 37.3 Å². The number of aliphatic carboxylic acids is 1. The summed E-state index contributed by atoms with van der Waals surface area (Å²) in [7, 11) is -1.33. The minimum Gasteiger partial charge on any atom is -0.481 e. The highest BCUT2D eigenvalue weighted by Gasteiger charge is 2.15. The van der Waals surface area contributed by atoms with Gasteiger partial charge < -0.3 is 5.11 Å². The van der Waals surface area contributed by atoms with Gasteiger partial charge in [-0.3, -0.25) is 4.79 Å². The molecule has 0 bridgehead atoms. The van der Waals surface area contributed by atoms with Crippen LogP contribution >= 0.6 is 11.1 Å².